The van der Waals surface area contributed by atoms with Gasteiger partial charge in [0, 0.05) is 85.0 Å². The molecular formula is C92H97N29O16S. The zero-order valence-corrected chi connectivity index (χ0v) is 77.4. The van der Waals surface area contributed by atoms with Gasteiger partial charge < -0.3 is 96.4 Å². The zero-order chi connectivity index (χ0) is 97.8. The Balaban J connectivity index is 0.000000138. The minimum absolute atomic E-state index is 0.0269. The van der Waals surface area contributed by atoms with Crippen molar-refractivity contribution >= 4 is 164 Å². The van der Waals surface area contributed by atoms with Crippen molar-refractivity contribution in [3.8, 4) is 46.3 Å². The van der Waals surface area contributed by atoms with Gasteiger partial charge in [0.25, 0.3) is 12.9 Å². The number of ether oxygens (including phenoxy) is 8. The smallest absolute Gasteiger partial charge is 0.290 e. The van der Waals surface area contributed by atoms with Gasteiger partial charge in [0.2, 0.25) is 33.6 Å². The number of hydrogen-bond donors (Lipinski definition) is 12. The number of amides is 2. The number of aliphatic imine (C=N–C) groups is 6. The second-order valence-electron chi connectivity index (χ2n) is 30.3. The molecule has 2 aliphatic carbocycles. The first-order valence-corrected chi connectivity index (χ1v) is 43.8. The Hall–Kier alpha value is -17.6. The van der Waals surface area contributed by atoms with Gasteiger partial charge in [-0.15, -0.1) is 0 Å². The van der Waals surface area contributed by atoms with Crippen molar-refractivity contribution in [3.63, 3.8) is 0 Å². The average molecular weight is 1900 g/mol. The lowest BCUT2D eigenvalue weighted by atomic mass is 10.1. The standard InChI is InChI=1S/C18H19N5O2.C16H17N5O3S.C14H14N6O2.C14H15N5O.2C14H14N4O2.2CH2O2/c1-10-16(20-9-21-17(10)23-18(24)11-3-4-11)22-14-5-12-7-19-8-13(12)6-15(14)25-2;1-24-14-5-11-8-17-7-10(11)4-13(14)20-15-6-16(19-9-18-15)21-25(22,23)12-2-3-12;1-8(21)18-12-4-13(17-7-16-12)19-10-3-9-5-15-6-11(9)20-14(10)22-2;1-8-13(15)17-7-18-14(8)19-11-3-9-5-16-6-10(9)4-12(11)20-2;1-19-12-4-10-7-15-6-9(10)3-11(12)18-13-5-14(20-2)17-8-16-13;1-19-12-4-10-6-15-5-9(10)3-11(12)18-14-13(20-2)7-16-8-17-14;2*2-1-3/h5-7,9,11H,3-4,8H2,1-2H3,(H2,20,21,22,23,24);4-7,9,12H,2-3,8H2,1H3,(H2,18,19,20,21);3-5,7H,6H2,1-2H3,(H2,16,17,18,19,21);3-5,7H,6H2,1-2H3,(H3,15,17,18,19);3-6,8H,7H2,1-2H3,(H,16,17,18);3-5,7-8H,6H2,1-2H3,(H,16,17,18);2*1H,(H,2,3). The SMILES string of the molecule is COc1cc(Nc2cc3c(cc2OC)CN=C3)ncn1.COc1cc2c(cc1Nc1cc(NS(=O)(=O)C3CC3)ncn1)C=NC2.COc1cc2c(cc1Nc1ncnc(N)c1C)C=NC2.COc1cc2c(cc1Nc1ncnc(NC(=O)C3CC3)c1C)C=NC2.COc1cc2c(cc1Nc1ncncc1OC)C=NC2.COc1nc2c(cc1Nc1cc(NC(C)=O)ncn1)C=NC2.O=CO.O=CO. The van der Waals surface area contributed by atoms with Crippen LogP contribution >= 0.6 is 0 Å². The summed E-state index contributed by atoms with van der Waals surface area (Å²) >= 11 is 0. The number of methoxy groups -OCH3 is 8. The molecule has 0 bridgehead atoms. The molecule has 0 unspecified atom stereocenters. The Bertz CT molecular complexity index is 6780. The van der Waals surface area contributed by atoms with Crippen molar-refractivity contribution in [2.24, 2.45) is 35.9 Å². The summed E-state index contributed by atoms with van der Waals surface area (Å²) in [7, 11) is 9.50. The van der Waals surface area contributed by atoms with Crippen LogP contribution in [0.1, 0.15) is 111 Å². The fourth-order valence-electron chi connectivity index (χ4n) is 13.8. The third kappa shape index (κ3) is 25.6. The Morgan fingerprint density at radius 3 is 1.20 bits per heavy atom. The number of hydrogen-bond acceptors (Lipinski definition) is 40. The number of carboxylic acid groups (broad SMARTS) is 2. The number of nitrogens with two attached hydrogens (primary N) is 1. The van der Waals surface area contributed by atoms with Crippen LogP contribution in [-0.2, 0) is 68.5 Å². The first-order valence-electron chi connectivity index (χ1n) is 42.2. The van der Waals surface area contributed by atoms with E-state index in [1.807, 2.05) is 112 Å². The number of benzene rings is 5. The van der Waals surface area contributed by atoms with Gasteiger partial charge >= 0.3 is 0 Å². The molecule has 8 aliphatic rings. The van der Waals surface area contributed by atoms with Crippen LogP contribution in [0.15, 0.2) is 159 Å². The van der Waals surface area contributed by atoms with Crippen LogP contribution < -0.4 is 90.9 Å². The second kappa shape index (κ2) is 46.6. The summed E-state index contributed by atoms with van der Waals surface area (Å²) in [4.78, 5) is 119. The monoisotopic (exact) mass is 1900 g/mol. The van der Waals surface area contributed by atoms with E-state index in [2.05, 4.69) is 142 Å². The zero-order valence-electron chi connectivity index (χ0n) is 76.6. The van der Waals surface area contributed by atoms with Crippen molar-refractivity contribution in [1.29, 1.82) is 0 Å². The predicted molar refractivity (Wildman–Crippen MR) is 521 cm³/mol. The summed E-state index contributed by atoms with van der Waals surface area (Å²) in [5.74, 6) is 10.3. The number of sulfonamides is 1. The molecule has 12 aromatic rings. The lowest BCUT2D eigenvalue weighted by molar-refractivity contribution is -0.123. The van der Waals surface area contributed by atoms with Gasteiger partial charge in [-0.3, -0.25) is 53.9 Å². The highest BCUT2D eigenvalue weighted by molar-refractivity contribution is 7.93. The fourth-order valence-corrected chi connectivity index (χ4v) is 15.1. The van der Waals surface area contributed by atoms with E-state index >= 15 is 0 Å². The maximum Gasteiger partial charge on any atom is 0.290 e. The molecule has 0 saturated heterocycles. The van der Waals surface area contributed by atoms with Crippen molar-refractivity contribution in [3.05, 3.63) is 207 Å². The molecule has 46 heteroatoms. The molecule has 6 aliphatic heterocycles. The number of fused-ring (bicyclic) bond motifs is 6. The van der Waals surface area contributed by atoms with E-state index in [0.29, 0.717) is 133 Å². The Labute approximate surface area is 791 Å². The minimum Gasteiger partial charge on any atom is -0.495 e. The number of nitrogen functional groups attached to an aromatic ring is 1. The van der Waals surface area contributed by atoms with Crippen molar-refractivity contribution in [2.75, 3.05) is 110 Å². The highest BCUT2D eigenvalue weighted by Crippen LogP contribution is 2.41. The molecule has 0 radical (unpaired) electrons. The number of anilines is 16. The number of nitrogens with one attached hydrogen (secondary N) is 9. The van der Waals surface area contributed by atoms with Gasteiger partial charge in [0.05, 0.1) is 142 Å². The summed E-state index contributed by atoms with van der Waals surface area (Å²) in [5, 5.41) is 38.2. The normalized spacial score (nSPS) is 12.9. The van der Waals surface area contributed by atoms with Gasteiger partial charge in [-0.25, -0.2) is 73.2 Å². The molecule has 0 spiro atoms. The average Bonchev–Trinajstić information content (AvgIpc) is 1.49. The van der Waals surface area contributed by atoms with E-state index < -0.39 is 10.0 Å². The number of aromatic nitrogens is 13. The highest BCUT2D eigenvalue weighted by Gasteiger charge is 2.36. The first kappa shape index (κ1) is 97.9. The predicted octanol–water partition coefficient (Wildman–Crippen LogP) is 12.2. The number of pyridine rings is 1. The molecule has 0 atom stereocenters. The van der Waals surface area contributed by atoms with Gasteiger partial charge in [0.15, 0.2) is 11.6 Å². The molecule has 2 amide bonds. The number of carbonyl (C=O) groups is 4. The van der Waals surface area contributed by atoms with Crippen LogP contribution in [0.5, 0.6) is 46.3 Å². The summed E-state index contributed by atoms with van der Waals surface area (Å²) in [6, 6.07) is 26.6. The maximum absolute atomic E-state index is 12.0. The molecule has 5 aromatic carbocycles. The summed E-state index contributed by atoms with van der Waals surface area (Å²) in [6.45, 7) is 8.66. The van der Waals surface area contributed by atoms with E-state index in [1.165, 1.54) is 44.9 Å². The van der Waals surface area contributed by atoms with Crippen molar-refractivity contribution < 1.29 is 75.7 Å². The molecule has 13 N–H and O–H groups in total. The first-order chi connectivity index (χ1) is 67.0. The fraction of sp³-hybridized carbons (Fsp3) is 0.250. The van der Waals surface area contributed by atoms with Crippen LogP contribution in [0.3, 0.4) is 0 Å². The Kier molecular flexibility index (Phi) is 33.1. The maximum atomic E-state index is 12.0. The van der Waals surface area contributed by atoms with Crippen LogP contribution in [-0.4, -0.2) is 208 Å². The van der Waals surface area contributed by atoms with Crippen molar-refractivity contribution in [1.82, 2.24) is 64.8 Å². The van der Waals surface area contributed by atoms with Crippen LogP contribution in [0.2, 0.25) is 0 Å². The molecule has 13 heterocycles. The lowest BCUT2D eigenvalue weighted by Crippen LogP contribution is -2.18. The van der Waals surface area contributed by atoms with Crippen LogP contribution in [0.4, 0.5) is 92.3 Å². The van der Waals surface area contributed by atoms with Gasteiger partial charge in [-0.2, -0.15) is 0 Å². The molecule has 20 rings (SSSR count). The number of rotatable bonds is 26. The largest absolute Gasteiger partial charge is 0.495 e. The molecule has 712 valence electrons. The van der Waals surface area contributed by atoms with E-state index in [-0.39, 0.29) is 41.7 Å². The van der Waals surface area contributed by atoms with E-state index in [0.717, 1.165) is 142 Å². The van der Waals surface area contributed by atoms with Crippen LogP contribution in [0, 0.1) is 19.8 Å². The van der Waals surface area contributed by atoms with Gasteiger partial charge in [-0.1, -0.05) is 0 Å². The molecular weight excluding hydrogens is 1800 g/mol. The molecule has 138 heavy (non-hydrogen) atoms. The second-order valence-corrected chi connectivity index (χ2v) is 32.3. The van der Waals surface area contributed by atoms with E-state index in [9.17, 15) is 18.0 Å². The summed E-state index contributed by atoms with van der Waals surface area (Å²) < 4.78 is 69.3. The summed E-state index contributed by atoms with van der Waals surface area (Å²) in [5.41, 5.74) is 25.0. The van der Waals surface area contributed by atoms with E-state index in [1.54, 1.807) is 87.5 Å². The number of nitrogens with zero attached hydrogens (tertiary/aromatic N) is 19. The van der Waals surface area contributed by atoms with Crippen LogP contribution in [0.25, 0.3) is 0 Å². The third-order valence-corrected chi connectivity index (χ3v) is 22.9. The lowest BCUT2D eigenvalue weighted by Gasteiger charge is -2.15. The van der Waals surface area contributed by atoms with E-state index in [4.69, 9.17) is 63.4 Å². The quantitative estimate of drug-likeness (QED) is 0.0224. The highest BCUT2D eigenvalue weighted by atomic mass is 32.2. The molecule has 7 aromatic heterocycles. The minimum atomic E-state index is -3.36. The molecule has 2 saturated carbocycles. The molecule has 2 fully saturated rings. The summed E-state index contributed by atoms with van der Waals surface area (Å²) in [6.07, 6.45) is 24.4. The molecule has 45 nitrogen and oxygen atoms in total. The van der Waals surface area contributed by atoms with Crippen molar-refractivity contribution in [2.45, 2.75) is 91.0 Å². The Morgan fingerprint density at radius 2 is 0.754 bits per heavy atom. The third-order valence-electron chi connectivity index (χ3n) is 21.1. The van der Waals surface area contributed by atoms with Gasteiger partial charge in [0.1, 0.15) is 125 Å². The Morgan fingerprint density at radius 1 is 0.384 bits per heavy atom. The topological polar surface area (TPSA) is 593 Å². The van der Waals surface area contributed by atoms with Gasteiger partial charge in [-0.05, 0) is 162 Å². The number of carbonyl (C=O) groups excluding carboxylic acids is 2.